The summed E-state index contributed by atoms with van der Waals surface area (Å²) in [6.07, 6.45) is 0. The van der Waals surface area contributed by atoms with E-state index in [1.165, 1.54) is 0 Å². The van der Waals surface area contributed by atoms with Crippen LogP contribution in [0.2, 0.25) is 0 Å². The van der Waals surface area contributed by atoms with E-state index in [1.54, 1.807) is 0 Å². The number of hydrogen-bond donors (Lipinski definition) is 0. The van der Waals surface area contributed by atoms with Gasteiger partial charge in [0, 0.05) is 34.1 Å². The van der Waals surface area contributed by atoms with Gasteiger partial charge < -0.3 is 0 Å². The van der Waals surface area contributed by atoms with Gasteiger partial charge in [-0.25, -0.2) is 0 Å². The van der Waals surface area contributed by atoms with Gasteiger partial charge in [0.15, 0.2) is 17.4 Å². The van der Waals surface area contributed by atoms with Crippen LogP contribution in [0.5, 0.6) is 0 Å². The third-order valence-corrected chi connectivity index (χ3v) is 0. The SMILES string of the molecule is B.[AlH3].[Cu].[Fe]. The van der Waals surface area contributed by atoms with Crippen LogP contribution in [0.3, 0.4) is 0 Å². The Hall–Kier alpha value is 1.64. The molecule has 0 saturated heterocycles. The minimum atomic E-state index is 0. The van der Waals surface area contributed by atoms with Crippen LogP contribution in [-0.4, -0.2) is 25.8 Å². The molecule has 0 aliphatic rings. The second-order valence-corrected chi connectivity index (χ2v) is 0. The van der Waals surface area contributed by atoms with E-state index in [0.29, 0.717) is 0 Å². The molecule has 0 fully saturated rings. The molecule has 4 heteroatoms. The fourth-order valence-corrected chi connectivity index (χ4v) is 0. The Balaban J connectivity index is 0. The molecule has 4 heavy (non-hydrogen) atoms. The first kappa shape index (κ1) is 45.2. The van der Waals surface area contributed by atoms with Crippen LogP contribution in [0.4, 0.5) is 0 Å². The van der Waals surface area contributed by atoms with Gasteiger partial charge in [0.2, 0.25) is 0 Å². The summed E-state index contributed by atoms with van der Waals surface area (Å²) in [5.74, 6) is 0. The normalized spacial score (nSPS) is 0. The molecule has 0 aliphatic heterocycles. The topological polar surface area (TPSA) is 0 Å². The minimum Gasteiger partial charge on any atom is 0 e. The average Bonchev–Trinajstić information content (AvgIpc) is 0. The van der Waals surface area contributed by atoms with Gasteiger partial charge in [-0.15, -0.1) is 0 Å². The van der Waals surface area contributed by atoms with Crippen LogP contribution in [0.25, 0.3) is 0 Å². The van der Waals surface area contributed by atoms with Gasteiger partial charge in [0.05, 0.1) is 8.41 Å². The molecule has 0 aromatic heterocycles. The molecule has 1 radical (unpaired) electrons. The van der Waals surface area contributed by atoms with E-state index >= 15 is 0 Å². The van der Waals surface area contributed by atoms with Gasteiger partial charge in [0.1, 0.15) is 0 Å². The standard InChI is InChI=1S/Al.BH3.Cu.Fe.3H/h;1H3;;;;;. The fraction of sp³-hybridized carbons (Fsp3) is 0. The maximum absolute atomic E-state index is 0. The second kappa shape index (κ2) is 22.9. The van der Waals surface area contributed by atoms with Gasteiger partial charge >= 0.3 is 0 Å². The van der Waals surface area contributed by atoms with Crippen LogP contribution in [-0.2, 0) is 34.1 Å². The van der Waals surface area contributed by atoms with Gasteiger partial charge in [-0.05, 0) is 0 Å². The summed E-state index contributed by atoms with van der Waals surface area (Å²) in [6.45, 7) is 0. The molecular weight excluding hydrogens is 157 g/mol. The molecule has 0 atom stereocenters. The van der Waals surface area contributed by atoms with E-state index in [4.69, 9.17) is 0 Å². The predicted octanol–water partition coefficient (Wildman–Crippen LogP) is -2.37. The van der Waals surface area contributed by atoms with Crippen molar-refractivity contribution in [1.82, 2.24) is 0 Å². The largest absolute Gasteiger partial charge is 0.187 e. The third kappa shape index (κ3) is 9.44. The van der Waals surface area contributed by atoms with Crippen molar-refractivity contribution in [3.05, 3.63) is 0 Å². The maximum Gasteiger partial charge on any atom is 0.187 e. The van der Waals surface area contributed by atoms with Crippen molar-refractivity contribution >= 4 is 25.8 Å². The maximum atomic E-state index is 0. The van der Waals surface area contributed by atoms with Crippen molar-refractivity contribution in [2.45, 2.75) is 0 Å². The Kier molecular flexibility index (Phi) is 259. The van der Waals surface area contributed by atoms with Crippen LogP contribution in [0.1, 0.15) is 0 Å². The van der Waals surface area contributed by atoms with E-state index in [1.807, 2.05) is 0 Å². The molecule has 0 heterocycles. The van der Waals surface area contributed by atoms with Crippen molar-refractivity contribution in [3.63, 3.8) is 0 Å². The van der Waals surface area contributed by atoms with Crippen molar-refractivity contribution in [2.24, 2.45) is 0 Å². The molecule has 0 aliphatic carbocycles. The first-order valence-electron chi connectivity index (χ1n) is 0. The Morgan fingerprint density at radius 1 is 1.00 bits per heavy atom. The van der Waals surface area contributed by atoms with E-state index in [0.717, 1.165) is 0 Å². The average molecular weight is 163 g/mol. The monoisotopic (exact) mass is 163 g/mol. The molecule has 0 aromatic carbocycles. The summed E-state index contributed by atoms with van der Waals surface area (Å²) in [6, 6.07) is 0. The molecule has 31 valence electrons. The van der Waals surface area contributed by atoms with Crippen molar-refractivity contribution in [1.29, 1.82) is 0 Å². The Morgan fingerprint density at radius 3 is 1.00 bits per heavy atom. The van der Waals surface area contributed by atoms with Gasteiger partial charge in [-0.1, -0.05) is 0 Å². The van der Waals surface area contributed by atoms with Gasteiger partial charge in [0.25, 0.3) is 0 Å². The molecule has 0 unspecified atom stereocenters. The Labute approximate surface area is 59.8 Å². The zero-order valence-corrected chi connectivity index (χ0v) is 2.70. The smallest absolute Gasteiger partial charge is 0 e. The Morgan fingerprint density at radius 2 is 1.00 bits per heavy atom. The van der Waals surface area contributed by atoms with E-state index in [2.05, 4.69) is 0 Å². The van der Waals surface area contributed by atoms with Crippen molar-refractivity contribution in [3.8, 4) is 0 Å². The first-order valence-corrected chi connectivity index (χ1v) is 0. The van der Waals surface area contributed by atoms with Crippen LogP contribution >= 0.6 is 0 Å². The molecule has 0 nitrogen and oxygen atoms in total. The van der Waals surface area contributed by atoms with E-state index in [9.17, 15) is 0 Å². The van der Waals surface area contributed by atoms with Crippen LogP contribution in [0, 0.1) is 0 Å². The van der Waals surface area contributed by atoms with Crippen molar-refractivity contribution < 1.29 is 34.1 Å². The number of rotatable bonds is 0. The van der Waals surface area contributed by atoms with Crippen molar-refractivity contribution in [2.75, 3.05) is 0 Å². The van der Waals surface area contributed by atoms with Crippen LogP contribution < -0.4 is 0 Å². The molecule has 0 N–H and O–H groups in total. The number of hydrogen-bond acceptors (Lipinski definition) is 0. The molecular formula is H6AlBCuFe. The molecule has 0 spiro atoms. The zero-order chi connectivity index (χ0) is 0. The van der Waals surface area contributed by atoms with E-state index in [-0.39, 0.29) is 59.9 Å². The quantitative estimate of drug-likeness (QED) is 0.350. The minimum absolute atomic E-state index is 0. The molecule has 0 saturated carbocycles. The third-order valence-electron chi connectivity index (χ3n) is 0. The van der Waals surface area contributed by atoms with E-state index < -0.39 is 0 Å². The summed E-state index contributed by atoms with van der Waals surface area (Å²) in [4.78, 5) is 0. The molecule has 0 amide bonds. The predicted molar refractivity (Wildman–Crippen MR) is 19.9 cm³/mol. The summed E-state index contributed by atoms with van der Waals surface area (Å²) >= 11 is 0. The first-order chi connectivity index (χ1) is 0. The summed E-state index contributed by atoms with van der Waals surface area (Å²) in [5, 5.41) is 0. The van der Waals surface area contributed by atoms with Gasteiger partial charge in [-0.3, -0.25) is 0 Å². The zero-order valence-electron chi connectivity index (χ0n) is 0.655. The molecule has 0 aromatic rings. The van der Waals surface area contributed by atoms with Crippen LogP contribution in [0.15, 0.2) is 0 Å². The van der Waals surface area contributed by atoms with Gasteiger partial charge in [-0.2, -0.15) is 0 Å². The Bertz CT molecular complexity index is 8.00. The summed E-state index contributed by atoms with van der Waals surface area (Å²) in [5.41, 5.74) is 0. The second-order valence-electron chi connectivity index (χ2n) is 0. The fourth-order valence-electron chi connectivity index (χ4n) is 0. The molecule has 0 bridgehead atoms. The molecule has 0 rings (SSSR count). The summed E-state index contributed by atoms with van der Waals surface area (Å²) in [7, 11) is 0. The summed E-state index contributed by atoms with van der Waals surface area (Å²) < 4.78 is 0.